The van der Waals surface area contributed by atoms with Gasteiger partial charge in [0, 0.05) is 32.7 Å². The molecule has 0 aliphatic heterocycles. The zero-order valence-corrected chi connectivity index (χ0v) is 23.3. The van der Waals surface area contributed by atoms with Gasteiger partial charge < -0.3 is 10.2 Å². The van der Waals surface area contributed by atoms with E-state index in [0.29, 0.717) is 32.2 Å². The maximum atomic E-state index is 13.6. The highest BCUT2D eigenvalue weighted by atomic mass is 79.9. The Morgan fingerprint density at radius 1 is 1.09 bits per heavy atom. The first-order valence-corrected chi connectivity index (χ1v) is 14.0. The van der Waals surface area contributed by atoms with Crippen molar-refractivity contribution < 1.29 is 18.0 Å². The molecule has 2 amide bonds. The standard InChI is InChI=1S/C23H28BrCl2N3O4S/c1-5-21(23(31)27-15(2)3)28(13-18-19(25)10-7-11-20(18)26)22(30)14-29(34(4,32)33)17-9-6-8-16(24)12-17/h6-12,15,21H,5,13-14H2,1-4H3,(H,27,31)/t21-/m1/s1. The summed E-state index contributed by atoms with van der Waals surface area (Å²) in [6.07, 6.45) is 1.33. The van der Waals surface area contributed by atoms with Crippen LogP contribution in [0, 0.1) is 0 Å². The number of amides is 2. The van der Waals surface area contributed by atoms with E-state index in [4.69, 9.17) is 23.2 Å². The van der Waals surface area contributed by atoms with Crippen molar-refractivity contribution in [2.24, 2.45) is 0 Å². The highest BCUT2D eigenvalue weighted by molar-refractivity contribution is 9.10. The molecule has 0 bridgehead atoms. The van der Waals surface area contributed by atoms with Gasteiger partial charge in [-0.05, 0) is 50.6 Å². The number of nitrogens with zero attached hydrogens (tertiary/aromatic N) is 2. The number of sulfonamides is 1. The number of carbonyl (C=O) groups excluding carboxylic acids is 2. The quantitative estimate of drug-likeness (QED) is 0.427. The van der Waals surface area contributed by atoms with E-state index in [-0.39, 0.29) is 18.5 Å². The second-order valence-corrected chi connectivity index (χ2v) is 11.7. The van der Waals surface area contributed by atoms with Gasteiger partial charge in [0.15, 0.2) is 0 Å². The van der Waals surface area contributed by atoms with Gasteiger partial charge in [0.1, 0.15) is 12.6 Å². The summed E-state index contributed by atoms with van der Waals surface area (Å²) < 4.78 is 26.9. The molecule has 1 N–H and O–H groups in total. The lowest BCUT2D eigenvalue weighted by Gasteiger charge is -2.33. The Kier molecular flexibility index (Phi) is 10.2. The average Bonchev–Trinajstić information content (AvgIpc) is 2.72. The smallest absolute Gasteiger partial charge is 0.244 e. The molecule has 2 rings (SSSR count). The summed E-state index contributed by atoms with van der Waals surface area (Å²) in [5.41, 5.74) is 0.795. The van der Waals surface area contributed by atoms with Gasteiger partial charge in [0.2, 0.25) is 21.8 Å². The molecule has 0 saturated carbocycles. The van der Waals surface area contributed by atoms with E-state index >= 15 is 0 Å². The maximum absolute atomic E-state index is 13.6. The second-order valence-electron chi connectivity index (χ2n) is 8.06. The Labute approximate surface area is 219 Å². The van der Waals surface area contributed by atoms with Crippen molar-refractivity contribution in [3.63, 3.8) is 0 Å². The first kappa shape index (κ1) is 28.4. The molecule has 0 fully saturated rings. The number of hydrogen-bond donors (Lipinski definition) is 1. The first-order chi connectivity index (χ1) is 15.8. The topological polar surface area (TPSA) is 86.8 Å². The Hall–Kier alpha value is -1.81. The molecular weight excluding hydrogens is 565 g/mol. The van der Waals surface area contributed by atoms with Crippen LogP contribution < -0.4 is 9.62 Å². The molecule has 0 heterocycles. The molecule has 7 nitrogen and oxygen atoms in total. The molecule has 1 atom stereocenters. The lowest BCUT2D eigenvalue weighted by Crippen LogP contribution is -2.53. The summed E-state index contributed by atoms with van der Waals surface area (Å²) in [4.78, 5) is 27.9. The fourth-order valence-electron chi connectivity index (χ4n) is 3.40. The van der Waals surface area contributed by atoms with E-state index in [1.165, 1.54) is 4.90 Å². The molecule has 0 saturated heterocycles. The number of hydrogen-bond acceptors (Lipinski definition) is 4. The van der Waals surface area contributed by atoms with Gasteiger partial charge in [-0.3, -0.25) is 13.9 Å². The third kappa shape index (κ3) is 7.60. The van der Waals surface area contributed by atoms with Crippen molar-refractivity contribution in [3.8, 4) is 0 Å². The zero-order chi connectivity index (χ0) is 25.6. The predicted octanol–water partition coefficient (Wildman–Crippen LogP) is 4.85. The molecule has 34 heavy (non-hydrogen) atoms. The Bertz CT molecular complexity index is 1120. The van der Waals surface area contributed by atoms with E-state index in [1.807, 2.05) is 13.8 Å². The van der Waals surface area contributed by atoms with Crippen LogP contribution in [0.4, 0.5) is 5.69 Å². The van der Waals surface area contributed by atoms with Crippen molar-refractivity contribution in [1.82, 2.24) is 10.2 Å². The fourth-order valence-corrected chi connectivity index (χ4v) is 5.14. The van der Waals surface area contributed by atoms with Crippen LogP contribution in [-0.2, 0) is 26.2 Å². The van der Waals surface area contributed by atoms with Gasteiger partial charge in [0.25, 0.3) is 0 Å². The minimum absolute atomic E-state index is 0.0581. The summed E-state index contributed by atoms with van der Waals surface area (Å²) in [6, 6.07) is 10.6. The SMILES string of the molecule is CC[C@H](C(=O)NC(C)C)N(Cc1c(Cl)cccc1Cl)C(=O)CN(c1cccc(Br)c1)S(C)(=O)=O. The lowest BCUT2D eigenvalue weighted by atomic mass is 10.1. The van der Waals surface area contributed by atoms with Crippen molar-refractivity contribution in [2.75, 3.05) is 17.1 Å². The van der Waals surface area contributed by atoms with Gasteiger partial charge in [-0.25, -0.2) is 8.42 Å². The number of halogens is 3. The minimum atomic E-state index is -3.81. The molecule has 0 aliphatic rings. The van der Waals surface area contributed by atoms with Crippen LogP contribution in [0.1, 0.15) is 32.8 Å². The van der Waals surface area contributed by atoms with E-state index in [2.05, 4.69) is 21.2 Å². The molecule has 186 valence electrons. The van der Waals surface area contributed by atoms with Gasteiger partial charge in [-0.15, -0.1) is 0 Å². The minimum Gasteiger partial charge on any atom is -0.352 e. The number of nitrogens with one attached hydrogen (secondary N) is 1. The van der Waals surface area contributed by atoms with Gasteiger partial charge in [-0.2, -0.15) is 0 Å². The molecule has 0 radical (unpaired) electrons. The zero-order valence-electron chi connectivity index (χ0n) is 19.4. The molecule has 0 aliphatic carbocycles. The summed E-state index contributed by atoms with van der Waals surface area (Å²) in [5.74, 6) is -0.908. The van der Waals surface area contributed by atoms with Crippen molar-refractivity contribution >= 4 is 66.7 Å². The monoisotopic (exact) mass is 591 g/mol. The van der Waals surface area contributed by atoms with Crippen LogP contribution in [0.25, 0.3) is 0 Å². The summed E-state index contributed by atoms with van der Waals surface area (Å²) in [6.45, 7) is 4.86. The van der Waals surface area contributed by atoms with Gasteiger partial charge in [-0.1, -0.05) is 58.2 Å². The molecule has 0 aromatic heterocycles. The highest BCUT2D eigenvalue weighted by Crippen LogP contribution is 2.28. The van der Waals surface area contributed by atoms with Crippen molar-refractivity contribution in [3.05, 3.63) is 62.5 Å². The van der Waals surface area contributed by atoms with Gasteiger partial charge >= 0.3 is 0 Å². The van der Waals surface area contributed by atoms with Crippen molar-refractivity contribution in [2.45, 2.75) is 45.8 Å². The van der Waals surface area contributed by atoms with E-state index < -0.39 is 28.5 Å². The Balaban J connectivity index is 2.51. The summed E-state index contributed by atoms with van der Waals surface area (Å²) >= 11 is 16.0. The predicted molar refractivity (Wildman–Crippen MR) is 141 cm³/mol. The Morgan fingerprint density at radius 3 is 2.18 bits per heavy atom. The van der Waals surface area contributed by atoms with Crippen LogP contribution in [0.2, 0.25) is 10.0 Å². The Morgan fingerprint density at radius 2 is 1.68 bits per heavy atom. The third-order valence-electron chi connectivity index (χ3n) is 4.98. The molecule has 0 unspecified atom stereocenters. The van der Waals surface area contributed by atoms with Crippen LogP contribution in [0.15, 0.2) is 46.9 Å². The molecule has 11 heteroatoms. The van der Waals surface area contributed by atoms with E-state index in [0.717, 1.165) is 10.6 Å². The molecule has 0 spiro atoms. The average molecular weight is 593 g/mol. The number of benzene rings is 2. The molecule has 2 aromatic rings. The van der Waals surface area contributed by atoms with Crippen LogP contribution in [0.5, 0.6) is 0 Å². The van der Waals surface area contributed by atoms with Gasteiger partial charge in [0.05, 0.1) is 11.9 Å². The fraction of sp³-hybridized carbons (Fsp3) is 0.391. The summed E-state index contributed by atoms with van der Waals surface area (Å²) in [5, 5.41) is 3.52. The normalized spacial score (nSPS) is 12.4. The van der Waals surface area contributed by atoms with E-state index in [9.17, 15) is 18.0 Å². The first-order valence-electron chi connectivity index (χ1n) is 10.6. The van der Waals surface area contributed by atoms with Crippen LogP contribution in [-0.4, -0.2) is 50.0 Å². The van der Waals surface area contributed by atoms with Crippen molar-refractivity contribution in [1.29, 1.82) is 0 Å². The highest BCUT2D eigenvalue weighted by Gasteiger charge is 2.32. The largest absolute Gasteiger partial charge is 0.352 e. The van der Waals surface area contributed by atoms with E-state index in [1.54, 1.807) is 49.4 Å². The number of rotatable bonds is 10. The number of carbonyl (C=O) groups is 2. The maximum Gasteiger partial charge on any atom is 0.244 e. The second kappa shape index (κ2) is 12.2. The molecular formula is C23H28BrCl2N3O4S. The summed E-state index contributed by atoms with van der Waals surface area (Å²) in [7, 11) is -3.81. The van der Waals surface area contributed by atoms with Crippen LogP contribution >= 0.6 is 39.1 Å². The molecule has 2 aromatic carbocycles. The van der Waals surface area contributed by atoms with Crippen LogP contribution in [0.3, 0.4) is 0 Å². The third-order valence-corrected chi connectivity index (χ3v) is 7.32. The number of anilines is 1. The lowest BCUT2D eigenvalue weighted by molar-refractivity contribution is -0.140.